The van der Waals surface area contributed by atoms with Crippen molar-refractivity contribution in [2.24, 2.45) is 5.92 Å². The predicted molar refractivity (Wildman–Crippen MR) is 74.2 cm³/mol. The molecule has 0 aromatic heterocycles. The van der Waals surface area contributed by atoms with Crippen molar-refractivity contribution in [2.75, 3.05) is 0 Å². The summed E-state index contributed by atoms with van der Waals surface area (Å²) in [4.78, 5) is 0. The molecule has 3 fully saturated rings. The lowest BCUT2D eigenvalue weighted by atomic mass is 9.86. The van der Waals surface area contributed by atoms with Gasteiger partial charge in [0.15, 0.2) is 0 Å². The fourth-order valence-electron chi connectivity index (χ4n) is 3.60. The van der Waals surface area contributed by atoms with E-state index in [0.29, 0.717) is 6.10 Å². The highest BCUT2D eigenvalue weighted by atomic mass is 32.2. The molecule has 17 heavy (non-hydrogen) atoms. The second-order valence-electron chi connectivity index (χ2n) is 5.95. The number of ether oxygens (including phenoxy) is 1. The average Bonchev–Trinajstić information content (AvgIpc) is 2.99. The maximum Gasteiger partial charge on any atom is 0.0989 e. The lowest BCUT2D eigenvalue weighted by Gasteiger charge is -2.26. The molecule has 0 radical (unpaired) electrons. The Morgan fingerprint density at radius 3 is 2.71 bits per heavy atom. The van der Waals surface area contributed by atoms with Crippen molar-refractivity contribution in [3.8, 4) is 0 Å². The first-order valence-corrected chi connectivity index (χ1v) is 8.26. The lowest BCUT2D eigenvalue weighted by Crippen LogP contribution is -2.27. The van der Waals surface area contributed by atoms with Gasteiger partial charge < -0.3 is 4.74 Å². The Labute approximate surface area is 109 Å². The van der Waals surface area contributed by atoms with E-state index in [9.17, 15) is 0 Å². The van der Waals surface area contributed by atoms with Crippen LogP contribution < -0.4 is 0 Å². The Kier molecular flexibility index (Phi) is 3.69. The van der Waals surface area contributed by atoms with Crippen LogP contribution in [-0.4, -0.2) is 16.6 Å². The van der Waals surface area contributed by atoms with Crippen LogP contribution in [0.4, 0.5) is 0 Å². The highest BCUT2D eigenvalue weighted by molar-refractivity contribution is 8.01. The Bertz CT molecular complexity index is 291. The lowest BCUT2D eigenvalue weighted by molar-refractivity contribution is 0.0898. The molecule has 4 atom stereocenters. The van der Waals surface area contributed by atoms with Crippen molar-refractivity contribution in [1.82, 2.24) is 0 Å². The van der Waals surface area contributed by atoms with Gasteiger partial charge in [0.05, 0.1) is 12.4 Å². The van der Waals surface area contributed by atoms with Crippen LogP contribution in [0.3, 0.4) is 0 Å². The number of hydrogen-bond donors (Lipinski definition) is 0. The summed E-state index contributed by atoms with van der Waals surface area (Å²) in [5, 5.41) is 1.86. The van der Waals surface area contributed by atoms with Crippen LogP contribution in [0.25, 0.3) is 0 Å². The third kappa shape index (κ3) is 2.67. The van der Waals surface area contributed by atoms with Gasteiger partial charge in [0, 0.05) is 16.4 Å². The number of thioether (sulfide) groups is 1. The van der Waals surface area contributed by atoms with Crippen LogP contribution in [0.15, 0.2) is 11.8 Å². The van der Waals surface area contributed by atoms with Gasteiger partial charge in [-0.25, -0.2) is 0 Å². The largest absolute Gasteiger partial charge is 0.498 e. The van der Waals surface area contributed by atoms with Gasteiger partial charge in [0.25, 0.3) is 0 Å². The predicted octanol–water partition coefficient (Wildman–Crippen LogP) is 4.52. The standard InChI is InChI=1S/C15H24OS/c1-11(14-9-13-7-8-15(14)17-13)16-10-12-5-3-2-4-6-12/h10-11,13-15H,2-9H2,1H3. The minimum absolute atomic E-state index is 0.437. The molecule has 0 N–H and O–H groups in total. The van der Waals surface area contributed by atoms with Crippen molar-refractivity contribution in [2.45, 2.75) is 74.9 Å². The molecule has 0 aromatic rings. The SMILES string of the molecule is CC(OC=C1CCCCC1)C1CC2CCC1S2. The maximum atomic E-state index is 6.04. The topological polar surface area (TPSA) is 9.23 Å². The van der Waals surface area contributed by atoms with Gasteiger partial charge in [-0.1, -0.05) is 6.42 Å². The molecular formula is C15H24OS. The highest BCUT2D eigenvalue weighted by Crippen LogP contribution is 2.50. The quantitative estimate of drug-likeness (QED) is 0.683. The molecule has 2 saturated heterocycles. The number of allylic oxidation sites excluding steroid dienone is 1. The zero-order valence-corrected chi connectivity index (χ0v) is 11.7. The van der Waals surface area contributed by atoms with Crippen LogP contribution in [0, 0.1) is 5.92 Å². The molecule has 0 spiro atoms. The normalized spacial score (nSPS) is 38.2. The minimum Gasteiger partial charge on any atom is -0.498 e. The van der Waals surface area contributed by atoms with Crippen molar-refractivity contribution in [3.63, 3.8) is 0 Å². The molecule has 1 nitrogen and oxygen atoms in total. The van der Waals surface area contributed by atoms with E-state index in [2.05, 4.69) is 24.9 Å². The molecule has 2 heterocycles. The Balaban J connectivity index is 1.51. The molecular weight excluding hydrogens is 228 g/mol. The molecule has 2 heteroatoms. The zero-order chi connectivity index (χ0) is 11.7. The first-order chi connectivity index (χ1) is 8.33. The summed E-state index contributed by atoms with van der Waals surface area (Å²) >= 11 is 2.23. The molecule has 2 bridgehead atoms. The third-order valence-corrected chi connectivity index (χ3v) is 6.45. The number of rotatable bonds is 3. The van der Waals surface area contributed by atoms with Gasteiger partial charge >= 0.3 is 0 Å². The minimum atomic E-state index is 0.437. The molecule has 3 aliphatic rings. The van der Waals surface area contributed by atoms with Gasteiger partial charge in [-0.15, -0.1) is 0 Å². The number of fused-ring (bicyclic) bond motifs is 2. The summed E-state index contributed by atoms with van der Waals surface area (Å²) in [7, 11) is 0. The van der Waals surface area contributed by atoms with Gasteiger partial charge in [0.1, 0.15) is 0 Å². The van der Waals surface area contributed by atoms with E-state index in [-0.39, 0.29) is 0 Å². The molecule has 96 valence electrons. The van der Waals surface area contributed by atoms with Gasteiger partial charge in [0.2, 0.25) is 0 Å². The van der Waals surface area contributed by atoms with E-state index < -0.39 is 0 Å². The average molecular weight is 252 g/mol. The van der Waals surface area contributed by atoms with E-state index in [1.807, 2.05) is 0 Å². The summed E-state index contributed by atoms with van der Waals surface area (Å²) in [6.07, 6.45) is 13.5. The van der Waals surface area contributed by atoms with E-state index >= 15 is 0 Å². The molecule has 1 saturated carbocycles. The molecule has 0 amide bonds. The first kappa shape index (κ1) is 12.0. The van der Waals surface area contributed by atoms with Crippen molar-refractivity contribution in [1.29, 1.82) is 0 Å². The van der Waals surface area contributed by atoms with E-state index in [4.69, 9.17) is 4.74 Å². The van der Waals surface area contributed by atoms with Gasteiger partial charge in [-0.2, -0.15) is 11.8 Å². The monoisotopic (exact) mass is 252 g/mol. The second kappa shape index (κ2) is 5.26. The molecule has 3 rings (SSSR count). The maximum absolute atomic E-state index is 6.04. The molecule has 1 aliphatic carbocycles. The highest BCUT2D eigenvalue weighted by Gasteiger charge is 2.43. The Morgan fingerprint density at radius 1 is 1.24 bits per heavy atom. The van der Waals surface area contributed by atoms with Crippen LogP contribution in [-0.2, 0) is 4.74 Å². The fourth-order valence-corrected chi connectivity index (χ4v) is 5.51. The van der Waals surface area contributed by atoms with Crippen molar-refractivity contribution >= 4 is 11.8 Å². The van der Waals surface area contributed by atoms with Crippen LogP contribution in [0.5, 0.6) is 0 Å². The van der Waals surface area contributed by atoms with Crippen LogP contribution in [0.1, 0.15) is 58.3 Å². The summed E-state index contributed by atoms with van der Waals surface area (Å²) in [6.45, 7) is 2.28. The zero-order valence-electron chi connectivity index (χ0n) is 10.9. The Hall–Kier alpha value is -0.110. The second-order valence-corrected chi connectivity index (χ2v) is 7.50. The molecule has 2 aliphatic heterocycles. The van der Waals surface area contributed by atoms with Crippen molar-refractivity contribution in [3.05, 3.63) is 11.8 Å². The molecule has 0 aromatic carbocycles. The van der Waals surface area contributed by atoms with Gasteiger partial charge in [-0.05, 0) is 57.4 Å². The van der Waals surface area contributed by atoms with Crippen LogP contribution >= 0.6 is 11.8 Å². The fraction of sp³-hybridized carbons (Fsp3) is 0.867. The first-order valence-electron chi connectivity index (χ1n) is 7.32. The van der Waals surface area contributed by atoms with E-state index in [1.165, 1.54) is 51.4 Å². The summed E-state index contributed by atoms with van der Waals surface area (Å²) < 4.78 is 6.04. The van der Waals surface area contributed by atoms with E-state index in [0.717, 1.165) is 16.4 Å². The van der Waals surface area contributed by atoms with E-state index in [1.54, 1.807) is 5.57 Å². The summed E-state index contributed by atoms with van der Waals surface area (Å²) in [5.41, 5.74) is 1.55. The number of hydrogen-bond acceptors (Lipinski definition) is 2. The van der Waals surface area contributed by atoms with Crippen molar-refractivity contribution < 1.29 is 4.74 Å². The van der Waals surface area contributed by atoms with Gasteiger partial charge in [-0.3, -0.25) is 0 Å². The summed E-state index contributed by atoms with van der Waals surface area (Å²) in [6, 6.07) is 0. The Morgan fingerprint density at radius 2 is 2.06 bits per heavy atom. The smallest absolute Gasteiger partial charge is 0.0989 e. The van der Waals surface area contributed by atoms with Crippen LogP contribution in [0.2, 0.25) is 0 Å². The molecule has 4 unspecified atom stereocenters. The summed E-state index contributed by atoms with van der Waals surface area (Å²) in [5.74, 6) is 0.819. The third-order valence-electron chi connectivity index (χ3n) is 4.70.